The maximum Gasteiger partial charge on any atom is 0.284 e. The molecule has 0 atom stereocenters. The maximum atomic E-state index is 11.9. The molecule has 0 bridgehead atoms. The lowest BCUT2D eigenvalue weighted by atomic mass is 10.2. The van der Waals surface area contributed by atoms with E-state index in [1.165, 1.54) is 17.5 Å². The molecule has 1 aromatic heterocycles. The summed E-state index contributed by atoms with van der Waals surface area (Å²) >= 11 is 1.22. The van der Waals surface area contributed by atoms with Gasteiger partial charge in [0.15, 0.2) is 5.01 Å². The number of anilines is 2. The van der Waals surface area contributed by atoms with Crippen LogP contribution in [0, 0.1) is 0 Å². The zero-order chi connectivity index (χ0) is 15.9. The zero-order valence-corrected chi connectivity index (χ0v) is 12.2. The molecule has 1 aromatic carbocycles. The van der Waals surface area contributed by atoms with E-state index in [4.69, 9.17) is 0 Å². The van der Waals surface area contributed by atoms with Crippen molar-refractivity contribution in [1.82, 2.24) is 4.98 Å². The Kier molecular flexibility index (Phi) is 5.21. The van der Waals surface area contributed by atoms with Crippen LogP contribution < -0.4 is 15.7 Å². The van der Waals surface area contributed by atoms with Gasteiger partial charge in [0.05, 0.1) is 0 Å². The van der Waals surface area contributed by atoms with Crippen molar-refractivity contribution >= 4 is 40.5 Å². The number of carbonyl (C=O) groups is 3. The lowest BCUT2D eigenvalue weighted by Crippen LogP contribution is -2.24. The molecule has 2 N–H and O–H groups in total. The molecule has 2 rings (SSSR count). The van der Waals surface area contributed by atoms with Crippen LogP contribution in [0.15, 0.2) is 35.8 Å². The lowest BCUT2D eigenvalue weighted by Gasteiger charge is -2.08. The molecule has 0 spiro atoms. The summed E-state index contributed by atoms with van der Waals surface area (Å²) in [5.74, 6) is -2.05. The number of aliphatic carboxylic acids is 1. The molecule has 2 amide bonds. The van der Waals surface area contributed by atoms with Crippen molar-refractivity contribution in [2.24, 2.45) is 0 Å². The van der Waals surface area contributed by atoms with Gasteiger partial charge in [-0.25, -0.2) is 4.98 Å². The van der Waals surface area contributed by atoms with Gasteiger partial charge in [-0.1, -0.05) is 6.07 Å². The molecule has 0 unspecified atom stereocenters. The normalized spacial score (nSPS) is 10.0. The van der Waals surface area contributed by atoms with Gasteiger partial charge >= 0.3 is 0 Å². The first-order chi connectivity index (χ1) is 10.5. The summed E-state index contributed by atoms with van der Waals surface area (Å²) in [6, 6.07) is 6.53. The predicted octanol–water partition coefficient (Wildman–Crippen LogP) is 0.864. The van der Waals surface area contributed by atoms with E-state index in [1.54, 1.807) is 29.6 Å². The van der Waals surface area contributed by atoms with Gasteiger partial charge in [-0.05, 0) is 24.6 Å². The summed E-state index contributed by atoms with van der Waals surface area (Å²) in [5, 5.41) is 17.5. The average molecular weight is 318 g/mol. The molecule has 114 valence electrons. The van der Waals surface area contributed by atoms with E-state index in [2.05, 4.69) is 15.6 Å². The van der Waals surface area contributed by atoms with Crippen molar-refractivity contribution in [2.45, 2.75) is 12.8 Å². The van der Waals surface area contributed by atoms with Gasteiger partial charge in [-0.2, -0.15) is 0 Å². The molecule has 0 aliphatic carbocycles. The van der Waals surface area contributed by atoms with Crippen LogP contribution >= 0.6 is 11.3 Å². The minimum absolute atomic E-state index is 0.169. The van der Waals surface area contributed by atoms with Gasteiger partial charge in [0, 0.05) is 35.3 Å². The smallest absolute Gasteiger partial charge is 0.284 e. The fourth-order valence-electron chi connectivity index (χ4n) is 1.63. The Hall–Kier alpha value is -2.74. The SMILES string of the molecule is O=C([O-])CCC(=O)Nc1cccc(NC(=O)c2nccs2)c1. The Morgan fingerprint density at radius 2 is 1.86 bits per heavy atom. The number of amides is 2. The Labute approximate surface area is 130 Å². The summed E-state index contributed by atoms with van der Waals surface area (Å²) in [7, 11) is 0. The number of thiazole rings is 1. The summed E-state index contributed by atoms with van der Waals surface area (Å²) < 4.78 is 0. The highest BCUT2D eigenvalue weighted by Gasteiger charge is 2.09. The molecular formula is C14H12N3O4S-. The fourth-order valence-corrected chi connectivity index (χ4v) is 2.16. The zero-order valence-electron chi connectivity index (χ0n) is 11.4. The number of nitrogens with zero attached hydrogens (tertiary/aromatic N) is 1. The highest BCUT2D eigenvalue weighted by molar-refractivity contribution is 7.11. The third-order valence-corrected chi connectivity index (χ3v) is 3.36. The number of carboxylic acid groups (broad SMARTS) is 1. The number of rotatable bonds is 6. The van der Waals surface area contributed by atoms with E-state index in [9.17, 15) is 19.5 Å². The van der Waals surface area contributed by atoms with Crippen LogP contribution in [0.25, 0.3) is 0 Å². The number of nitrogens with one attached hydrogen (secondary N) is 2. The predicted molar refractivity (Wildman–Crippen MR) is 79.4 cm³/mol. The van der Waals surface area contributed by atoms with Crippen LogP contribution in [0.4, 0.5) is 11.4 Å². The summed E-state index contributed by atoms with van der Waals surface area (Å²) in [6.45, 7) is 0. The minimum atomic E-state index is -1.28. The Morgan fingerprint density at radius 3 is 2.50 bits per heavy atom. The van der Waals surface area contributed by atoms with E-state index in [-0.39, 0.29) is 18.7 Å². The molecule has 8 heteroatoms. The minimum Gasteiger partial charge on any atom is -0.550 e. The molecule has 0 aliphatic rings. The van der Waals surface area contributed by atoms with Crippen molar-refractivity contribution in [3.05, 3.63) is 40.8 Å². The van der Waals surface area contributed by atoms with Crippen molar-refractivity contribution in [3.8, 4) is 0 Å². The van der Waals surface area contributed by atoms with E-state index < -0.39 is 11.9 Å². The van der Waals surface area contributed by atoms with E-state index >= 15 is 0 Å². The molecular weight excluding hydrogens is 306 g/mol. The number of carbonyl (C=O) groups excluding carboxylic acids is 3. The molecule has 0 aliphatic heterocycles. The van der Waals surface area contributed by atoms with Gasteiger partial charge < -0.3 is 20.5 Å². The van der Waals surface area contributed by atoms with Crippen molar-refractivity contribution in [1.29, 1.82) is 0 Å². The monoisotopic (exact) mass is 318 g/mol. The van der Waals surface area contributed by atoms with Crippen LogP contribution in [-0.2, 0) is 9.59 Å². The first-order valence-electron chi connectivity index (χ1n) is 6.35. The average Bonchev–Trinajstić information content (AvgIpc) is 3.00. The molecule has 2 aromatic rings. The summed E-state index contributed by atoms with van der Waals surface area (Å²) in [5.41, 5.74) is 0.957. The van der Waals surface area contributed by atoms with Crippen molar-refractivity contribution in [2.75, 3.05) is 10.6 Å². The Morgan fingerprint density at radius 1 is 1.14 bits per heavy atom. The van der Waals surface area contributed by atoms with Crippen molar-refractivity contribution < 1.29 is 19.5 Å². The van der Waals surface area contributed by atoms with Gasteiger partial charge in [-0.3, -0.25) is 9.59 Å². The summed E-state index contributed by atoms with van der Waals surface area (Å²) in [6.07, 6.45) is 1.03. The van der Waals surface area contributed by atoms with E-state index in [1.807, 2.05) is 0 Å². The highest BCUT2D eigenvalue weighted by Crippen LogP contribution is 2.17. The highest BCUT2D eigenvalue weighted by atomic mass is 32.1. The Balaban J connectivity index is 1.96. The molecule has 0 fully saturated rings. The van der Waals surface area contributed by atoms with E-state index in [0.717, 1.165) is 0 Å². The Bertz CT molecular complexity index is 685. The van der Waals surface area contributed by atoms with Crippen LogP contribution in [0.1, 0.15) is 22.6 Å². The second-order valence-electron chi connectivity index (χ2n) is 4.29. The van der Waals surface area contributed by atoms with Crippen LogP contribution in [0.2, 0.25) is 0 Å². The first-order valence-corrected chi connectivity index (χ1v) is 7.23. The van der Waals surface area contributed by atoms with Crippen LogP contribution in [0.5, 0.6) is 0 Å². The molecule has 0 radical (unpaired) electrons. The quantitative estimate of drug-likeness (QED) is 0.820. The third-order valence-electron chi connectivity index (χ3n) is 2.59. The van der Waals surface area contributed by atoms with Gasteiger partial charge in [0.2, 0.25) is 5.91 Å². The molecule has 7 nitrogen and oxygen atoms in total. The fraction of sp³-hybridized carbons (Fsp3) is 0.143. The molecule has 0 saturated carbocycles. The number of carboxylic acids is 1. The number of benzene rings is 1. The standard InChI is InChI=1S/C14H13N3O4S/c18-11(4-5-12(19)20)16-9-2-1-3-10(8-9)17-13(21)14-15-6-7-22-14/h1-3,6-8H,4-5H2,(H,16,18)(H,17,21)(H,19,20)/p-1. The molecule has 1 heterocycles. The first kappa shape index (κ1) is 15.6. The van der Waals surface area contributed by atoms with Gasteiger partial charge in [-0.15, -0.1) is 11.3 Å². The van der Waals surface area contributed by atoms with Gasteiger partial charge in [0.1, 0.15) is 0 Å². The number of hydrogen-bond acceptors (Lipinski definition) is 6. The lowest BCUT2D eigenvalue weighted by molar-refractivity contribution is -0.305. The second kappa shape index (κ2) is 7.32. The molecule has 22 heavy (non-hydrogen) atoms. The third kappa shape index (κ3) is 4.67. The largest absolute Gasteiger partial charge is 0.550 e. The second-order valence-corrected chi connectivity index (χ2v) is 5.19. The number of aromatic nitrogens is 1. The van der Waals surface area contributed by atoms with Gasteiger partial charge in [0.25, 0.3) is 5.91 Å². The number of hydrogen-bond donors (Lipinski definition) is 2. The van der Waals surface area contributed by atoms with Crippen LogP contribution in [-0.4, -0.2) is 22.8 Å². The maximum absolute atomic E-state index is 11.9. The van der Waals surface area contributed by atoms with Crippen LogP contribution in [0.3, 0.4) is 0 Å². The molecule has 0 saturated heterocycles. The summed E-state index contributed by atoms with van der Waals surface area (Å²) in [4.78, 5) is 37.6. The topological polar surface area (TPSA) is 111 Å². The van der Waals surface area contributed by atoms with Crippen molar-refractivity contribution in [3.63, 3.8) is 0 Å². The van der Waals surface area contributed by atoms with E-state index in [0.29, 0.717) is 16.4 Å².